The molecule has 0 aliphatic heterocycles. The molecular formula is C21H13Cl2N5O2S2. The minimum atomic E-state index is -3.81. The van der Waals surface area contributed by atoms with Gasteiger partial charge in [0.2, 0.25) is 0 Å². The van der Waals surface area contributed by atoms with Crippen molar-refractivity contribution < 1.29 is 8.42 Å². The van der Waals surface area contributed by atoms with Gasteiger partial charge < -0.3 is 0 Å². The monoisotopic (exact) mass is 501 g/mol. The van der Waals surface area contributed by atoms with Crippen LogP contribution in [0, 0.1) is 0 Å². The van der Waals surface area contributed by atoms with Crippen molar-refractivity contribution in [2.24, 2.45) is 0 Å². The zero-order valence-electron chi connectivity index (χ0n) is 16.1. The first kappa shape index (κ1) is 20.9. The first-order valence-corrected chi connectivity index (χ1v) is 12.4. The Kier molecular flexibility index (Phi) is 5.34. The van der Waals surface area contributed by atoms with E-state index in [-0.39, 0.29) is 14.9 Å². The molecule has 1 N–H and O–H groups in total. The molecule has 0 bridgehead atoms. The van der Waals surface area contributed by atoms with Crippen molar-refractivity contribution >= 4 is 55.9 Å². The Morgan fingerprint density at radius 1 is 0.906 bits per heavy atom. The number of sulfonamides is 1. The van der Waals surface area contributed by atoms with Gasteiger partial charge in [-0.15, -0.1) is 21.5 Å². The standard InChI is InChI=1S/C21H13Cl2N5O2S2/c22-16-8-7-15(12-17(16)23)32(29,30)27-14-5-3-13(4-6-14)18-9-10-20-24-25-21(28(20)26-18)19-2-1-11-31-19/h1-12,27H. The maximum Gasteiger partial charge on any atom is 0.261 e. The highest BCUT2D eigenvalue weighted by Crippen LogP contribution is 2.28. The number of nitrogens with zero attached hydrogens (tertiary/aromatic N) is 4. The smallest absolute Gasteiger partial charge is 0.261 e. The predicted octanol–water partition coefficient (Wildman–Crippen LogP) is 5.63. The molecule has 5 aromatic rings. The Morgan fingerprint density at radius 2 is 1.72 bits per heavy atom. The molecule has 0 fully saturated rings. The lowest BCUT2D eigenvalue weighted by molar-refractivity contribution is 0.601. The van der Waals surface area contributed by atoms with Gasteiger partial charge in [0.1, 0.15) is 0 Å². The van der Waals surface area contributed by atoms with Crippen molar-refractivity contribution in [3.63, 3.8) is 0 Å². The van der Waals surface area contributed by atoms with Crippen LogP contribution in [0.1, 0.15) is 0 Å². The fourth-order valence-corrected chi connectivity index (χ4v) is 5.21. The van der Waals surface area contributed by atoms with Gasteiger partial charge in [0.05, 0.1) is 25.5 Å². The first-order valence-electron chi connectivity index (χ1n) is 9.25. The van der Waals surface area contributed by atoms with Crippen LogP contribution < -0.4 is 4.72 Å². The summed E-state index contributed by atoms with van der Waals surface area (Å²) < 4.78 is 29.5. The summed E-state index contributed by atoms with van der Waals surface area (Å²) in [7, 11) is -3.81. The second-order valence-electron chi connectivity index (χ2n) is 6.75. The number of rotatable bonds is 5. The highest BCUT2D eigenvalue weighted by molar-refractivity contribution is 7.92. The summed E-state index contributed by atoms with van der Waals surface area (Å²) in [6, 6.07) is 18.7. The lowest BCUT2D eigenvalue weighted by Crippen LogP contribution is -2.12. The minimum Gasteiger partial charge on any atom is -0.280 e. The zero-order valence-corrected chi connectivity index (χ0v) is 19.3. The summed E-state index contributed by atoms with van der Waals surface area (Å²) in [5.41, 5.74) is 2.57. The molecule has 5 rings (SSSR count). The lowest BCUT2D eigenvalue weighted by Gasteiger charge is -2.10. The largest absolute Gasteiger partial charge is 0.280 e. The Morgan fingerprint density at radius 3 is 2.44 bits per heavy atom. The van der Waals surface area contributed by atoms with Crippen LogP contribution in [-0.4, -0.2) is 28.2 Å². The summed E-state index contributed by atoms with van der Waals surface area (Å²) in [5.74, 6) is 0.669. The van der Waals surface area contributed by atoms with Gasteiger partial charge in [-0.1, -0.05) is 41.4 Å². The molecule has 0 aliphatic rings. The van der Waals surface area contributed by atoms with E-state index in [0.717, 1.165) is 10.4 Å². The summed E-state index contributed by atoms with van der Waals surface area (Å²) in [6.07, 6.45) is 0. The average molecular weight is 502 g/mol. The maximum atomic E-state index is 12.6. The zero-order chi connectivity index (χ0) is 22.3. The third-order valence-corrected chi connectivity index (χ3v) is 7.62. The topological polar surface area (TPSA) is 89.2 Å². The summed E-state index contributed by atoms with van der Waals surface area (Å²) >= 11 is 13.4. The summed E-state index contributed by atoms with van der Waals surface area (Å²) in [5, 5.41) is 15.5. The van der Waals surface area contributed by atoms with Crippen LogP contribution in [0.3, 0.4) is 0 Å². The fourth-order valence-electron chi connectivity index (χ4n) is 3.07. The van der Waals surface area contributed by atoms with Gasteiger partial charge in [-0.25, -0.2) is 8.42 Å². The van der Waals surface area contributed by atoms with E-state index < -0.39 is 10.0 Å². The normalized spacial score (nSPS) is 11.7. The van der Waals surface area contributed by atoms with E-state index in [2.05, 4.69) is 20.0 Å². The molecule has 0 amide bonds. The minimum absolute atomic E-state index is 0.0248. The molecule has 3 heterocycles. The van der Waals surface area contributed by atoms with Crippen LogP contribution in [-0.2, 0) is 10.0 Å². The van der Waals surface area contributed by atoms with Crippen molar-refractivity contribution in [1.82, 2.24) is 19.8 Å². The van der Waals surface area contributed by atoms with Crippen LogP contribution in [0.15, 0.2) is 77.0 Å². The molecule has 160 valence electrons. The fraction of sp³-hybridized carbons (Fsp3) is 0. The number of halogens is 2. The predicted molar refractivity (Wildman–Crippen MR) is 127 cm³/mol. The Bertz CT molecular complexity index is 1530. The Hall–Kier alpha value is -2.98. The van der Waals surface area contributed by atoms with E-state index in [4.69, 9.17) is 23.2 Å². The number of thiophene rings is 1. The number of benzene rings is 2. The molecule has 0 spiro atoms. The van der Waals surface area contributed by atoms with E-state index in [1.807, 2.05) is 29.6 Å². The third-order valence-electron chi connectivity index (χ3n) is 4.64. The molecule has 0 atom stereocenters. The molecule has 3 aromatic heterocycles. The average Bonchev–Trinajstić information content (AvgIpc) is 3.45. The number of nitrogens with one attached hydrogen (secondary N) is 1. The molecule has 0 radical (unpaired) electrons. The van der Waals surface area contributed by atoms with Gasteiger partial charge in [-0.3, -0.25) is 4.72 Å². The Balaban J connectivity index is 1.43. The van der Waals surface area contributed by atoms with Crippen molar-refractivity contribution in [3.8, 4) is 22.0 Å². The second kappa shape index (κ2) is 8.18. The number of anilines is 1. The molecule has 0 unspecified atom stereocenters. The molecule has 0 saturated heterocycles. The van der Waals surface area contributed by atoms with Crippen LogP contribution in [0.25, 0.3) is 27.6 Å². The number of aromatic nitrogens is 4. The lowest BCUT2D eigenvalue weighted by atomic mass is 10.1. The van der Waals surface area contributed by atoms with Gasteiger partial charge in [-0.2, -0.15) is 9.61 Å². The van der Waals surface area contributed by atoms with Crippen LogP contribution >= 0.6 is 34.5 Å². The summed E-state index contributed by atoms with van der Waals surface area (Å²) in [4.78, 5) is 0.992. The van der Waals surface area contributed by atoms with Crippen molar-refractivity contribution in [2.75, 3.05) is 4.72 Å². The van der Waals surface area contributed by atoms with E-state index >= 15 is 0 Å². The van der Waals surface area contributed by atoms with Gasteiger partial charge in [0, 0.05) is 11.3 Å². The Labute approximate surface area is 197 Å². The van der Waals surface area contributed by atoms with Gasteiger partial charge in [0.15, 0.2) is 11.5 Å². The van der Waals surface area contributed by atoms with Crippen molar-refractivity contribution in [2.45, 2.75) is 4.90 Å². The van der Waals surface area contributed by atoms with Crippen molar-refractivity contribution in [3.05, 3.63) is 82.2 Å². The molecule has 0 saturated carbocycles. The van der Waals surface area contributed by atoms with E-state index in [0.29, 0.717) is 22.9 Å². The van der Waals surface area contributed by atoms with E-state index in [9.17, 15) is 8.42 Å². The van der Waals surface area contributed by atoms with Gasteiger partial charge in [-0.05, 0) is 53.9 Å². The van der Waals surface area contributed by atoms with Crippen LogP contribution in [0.4, 0.5) is 5.69 Å². The third kappa shape index (κ3) is 3.95. The molecular weight excluding hydrogens is 489 g/mol. The molecule has 32 heavy (non-hydrogen) atoms. The van der Waals surface area contributed by atoms with Crippen LogP contribution in [0.2, 0.25) is 10.0 Å². The molecule has 0 aliphatic carbocycles. The first-order chi connectivity index (χ1) is 15.4. The summed E-state index contributed by atoms with van der Waals surface area (Å²) in [6.45, 7) is 0. The van der Waals surface area contributed by atoms with E-state index in [1.165, 1.54) is 18.2 Å². The van der Waals surface area contributed by atoms with Crippen LogP contribution in [0.5, 0.6) is 0 Å². The van der Waals surface area contributed by atoms with E-state index in [1.54, 1.807) is 40.1 Å². The quantitative estimate of drug-likeness (QED) is 0.337. The number of hydrogen-bond acceptors (Lipinski definition) is 6. The SMILES string of the molecule is O=S(=O)(Nc1ccc(-c2ccc3nnc(-c4cccs4)n3n2)cc1)c1ccc(Cl)c(Cl)c1. The highest BCUT2D eigenvalue weighted by Gasteiger charge is 2.16. The number of fused-ring (bicyclic) bond motifs is 1. The van der Waals surface area contributed by atoms with Gasteiger partial charge in [0.25, 0.3) is 10.0 Å². The molecule has 2 aromatic carbocycles. The van der Waals surface area contributed by atoms with Gasteiger partial charge >= 0.3 is 0 Å². The number of hydrogen-bond donors (Lipinski definition) is 1. The molecule has 11 heteroatoms. The second-order valence-corrected chi connectivity index (χ2v) is 10.2. The maximum absolute atomic E-state index is 12.6. The molecule has 7 nitrogen and oxygen atoms in total. The highest BCUT2D eigenvalue weighted by atomic mass is 35.5. The van der Waals surface area contributed by atoms with Crippen molar-refractivity contribution in [1.29, 1.82) is 0 Å².